The lowest BCUT2D eigenvalue weighted by atomic mass is 10.1. The third-order valence-electron chi connectivity index (χ3n) is 2.11. The van der Waals surface area contributed by atoms with E-state index in [9.17, 15) is 0 Å². The van der Waals surface area contributed by atoms with Gasteiger partial charge in [0.25, 0.3) is 0 Å². The van der Waals surface area contributed by atoms with E-state index in [2.05, 4.69) is 50.3 Å². The fourth-order valence-electron chi connectivity index (χ4n) is 1.22. The number of unbranched alkanes of at least 4 members (excludes halogenated alkanes) is 2. The Kier molecular flexibility index (Phi) is 4.31. The topological polar surface area (TPSA) is 0 Å². The monoisotopic (exact) mass is 174 g/mol. The number of rotatable bonds is 4. The van der Waals surface area contributed by atoms with E-state index in [4.69, 9.17) is 0 Å². The van der Waals surface area contributed by atoms with Crippen LogP contribution in [0.25, 0.3) is 6.08 Å². The normalized spacial score (nSPS) is 10.9. The number of hydrogen-bond acceptors (Lipinski definition) is 0. The van der Waals surface area contributed by atoms with Crippen LogP contribution in [-0.2, 0) is 0 Å². The summed E-state index contributed by atoms with van der Waals surface area (Å²) in [7, 11) is 0. The van der Waals surface area contributed by atoms with Crippen molar-refractivity contribution in [2.75, 3.05) is 0 Å². The molecule has 0 aromatic heterocycles. The second-order valence-corrected chi connectivity index (χ2v) is 3.46. The van der Waals surface area contributed by atoms with Gasteiger partial charge < -0.3 is 0 Å². The van der Waals surface area contributed by atoms with Crippen molar-refractivity contribution in [3.8, 4) is 0 Å². The van der Waals surface area contributed by atoms with E-state index in [1.165, 1.54) is 30.4 Å². The van der Waals surface area contributed by atoms with Gasteiger partial charge in [-0.05, 0) is 18.9 Å². The highest BCUT2D eigenvalue weighted by Crippen LogP contribution is 2.06. The lowest BCUT2D eigenvalue weighted by molar-refractivity contribution is 0.816. The van der Waals surface area contributed by atoms with Gasteiger partial charge in [-0.1, -0.05) is 61.7 Å². The Labute approximate surface area is 81.3 Å². The van der Waals surface area contributed by atoms with Crippen LogP contribution in [0, 0.1) is 6.92 Å². The molecule has 0 saturated carbocycles. The van der Waals surface area contributed by atoms with Crippen molar-refractivity contribution in [2.24, 2.45) is 0 Å². The van der Waals surface area contributed by atoms with Crippen molar-refractivity contribution in [1.82, 2.24) is 0 Å². The molecule has 0 heterocycles. The minimum Gasteiger partial charge on any atom is -0.0839 e. The maximum atomic E-state index is 2.26. The Balaban J connectivity index is 2.44. The standard InChI is InChI=1S/C13H18/c1-3-4-5-6-7-13-10-8-12(2)9-11-13/h6-11H,3-5H2,1-2H3. The molecule has 0 radical (unpaired) electrons. The summed E-state index contributed by atoms with van der Waals surface area (Å²) < 4.78 is 0. The average Bonchev–Trinajstić information content (AvgIpc) is 2.15. The highest BCUT2D eigenvalue weighted by molar-refractivity contribution is 5.49. The van der Waals surface area contributed by atoms with Gasteiger partial charge in [0.15, 0.2) is 0 Å². The minimum atomic E-state index is 1.20. The van der Waals surface area contributed by atoms with Gasteiger partial charge in [0.2, 0.25) is 0 Å². The first kappa shape index (κ1) is 10.0. The third-order valence-corrected chi connectivity index (χ3v) is 2.11. The van der Waals surface area contributed by atoms with Gasteiger partial charge in [-0.25, -0.2) is 0 Å². The summed E-state index contributed by atoms with van der Waals surface area (Å²) in [6.07, 6.45) is 8.23. The molecule has 0 saturated heterocycles. The molecule has 0 spiro atoms. The van der Waals surface area contributed by atoms with E-state index in [-0.39, 0.29) is 0 Å². The molecule has 0 aliphatic rings. The lowest BCUT2D eigenvalue weighted by Crippen LogP contribution is -1.73. The smallest absolute Gasteiger partial charge is 0.0260 e. The van der Waals surface area contributed by atoms with Gasteiger partial charge in [-0.15, -0.1) is 0 Å². The molecule has 0 atom stereocenters. The molecular formula is C13H18. The zero-order valence-corrected chi connectivity index (χ0v) is 8.59. The predicted molar refractivity (Wildman–Crippen MR) is 59.7 cm³/mol. The Morgan fingerprint density at radius 3 is 2.46 bits per heavy atom. The molecule has 13 heavy (non-hydrogen) atoms. The molecule has 0 heteroatoms. The number of benzene rings is 1. The van der Waals surface area contributed by atoms with Crippen molar-refractivity contribution in [2.45, 2.75) is 33.1 Å². The van der Waals surface area contributed by atoms with Crippen LogP contribution in [0.3, 0.4) is 0 Å². The first-order valence-corrected chi connectivity index (χ1v) is 5.06. The van der Waals surface area contributed by atoms with Crippen LogP contribution in [0.1, 0.15) is 37.3 Å². The zero-order chi connectivity index (χ0) is 9.52. The Morgan fingerprint density at radius 1 is 1.15 bits per heavy atom. The number of hydrogen-bond donors (Lipinski definition) is 0. The van der Waals surface area contributed by atoms with Gasteiger partial charge in [0.1, 0.15) is 0 Å². The summed E-state index contributed by atoms with van der Waals surface area (Å²) >= 11 is 0. The zero-order valence-electron chi connectivity index (χ0n) is 8.59. The van der Waals surface area contributed by atoms with Gasteiger partial charge in [-0.3, -0.25) is 0 Å². The van der Waals surface area contributed by atoms with Crippen LogP contribution in [-0.4, -0.2) is 0 Å². The molecule has 0 fully saturated rings. The van der Waals surface area contributed by atoms with Gasteiger partial charge in [0.05, 0.1) is 0 Å². The highest BCUT2D eigenvalue weighted by atomic mass is 13.9. The molecule has 0 aliphatic carbocycles. The molecule has 0 bridgehead atoms. The van der Waals surface area contributed by atoms with Crippen molar-refractivity contribution < 1.29 is 0 Å². The van der Waals surface area contributed by atoms with E-state index in [0.717, 1.165) is 0 Å². The van der Waals surface area contributed by atoms with E-state index < -0.39 is 0 Å². The highest BCUT2D eigenvalue weighted by Gasteiger charge is 1.85. The van der Waals surface area contributed by atoms with Gasteiger partial charge >= 0.3 is 0 Å². The molecule has 1 aromatic rings. The van der Waals surface area contributed by atoms with Gasteiger partial charge in [-0.2, -0.15) is 0 Å². The van der Waals surface area contributed by atoms with E-state index in [1.54, 1.807) is 0 Å². The van der Waals surface area contributed by atoms with Crippen LogP contribution in [0.4, 0.5) is 0 Å². The minimum absolute atomic E-state index is 1.20. The molecular weight excluding hydrogens is 156 g/mol. The fraction of sp³-hybridized carbons (Fsp3) is 0.385. The molecule has 0 amide bonds. The Bertz CT molecular complexity index is 254. The summed E-state index contributed by atoms with van der Waals surface area (Å²) in [4.78, 5) is 0. The SMILES string of the molecule is CCCCC=Cc1ccc(C)cc1. The fourth-order valence-corrected chi connectivity index (χ4v) is 1.22. The van der Waals surface area contributed by atoms with E-state index >= 15 is 0 Å². The van der Waals surface area contributed by atoms with Crippen LogP contribution >= 0.6 is 0 Å². The largest absolute Gasteiger partial charge is 0.0839 e. The van der Waals surface area contributed by atoms with Crippen LogP contribution in [0.2, 0.25) is 0 Å². The molecule has 0 aliphatic heterocycles. The number of allylic oxidation sites excluding steroid dienone is 1. The van der Waals surface area contributed by atoms with Crippen molar-refractivity contribution in [3.63, 3.8) is 0 Å². The number of aryl methyl sites for hydroxylation is 1. The maximum absolute atomic E-state index is 2.26. The Hall–Kier alpha value is -1.04. The van der Waals surface area contributed by atoms with Crippen molar-refractivity contribution in [3.05, 3.63) is 41.5 Å². The van der Waals surface area contributed by atoms with Crippen LogP contribution < -0.4 is 0 Å². The quantitative estimate of drug-likeness (QED) is 0.600. The molecule has 0 nitrogen and oxygen atoms in total. The summed E-state index contributed by atoms with van der Waals surface area (Å²) in [6.45, 7) is 4.34. The summed E-state index contributed by atoms with van der Waals surface area (Å²) in [5.41, 5.74) is 2.63. The third kappa shape index (κ3) is 3.93. The maximum Gasteiger partial charge on any atom is -0.0260 e. The molecule has 0 N–H and O–H groups in total. The lowest BCUT2D eigenvalue weighted by Gasteiger charge is -1.94. The molecule has 1 aromatic carbocycles. The van der Waals surface area contributed by atoms with E-state index in [0.29, 0.717) is 0 Å². The Morgan fingerprint density at radius 2 is 1.85 bits per heavy atom. The van der Waals surface area contributed by atoms with Crippen molar-refractivity contribution >= 4 is 6.08 Å². The molecule has 70 valence electrons. The van der Waals surface area contributed by atoms with E-state index in [1.807, 2.05) is 0 Å². The first-order chi connectivity index (χ1) is 6.33. The predicted octanol–water partition coefficient (Wildman–Crippen LogP) is 4.20. The summed E-state index contributed by atoms with van der Waals surface area (Å²) in [6, 6.07) is 8.63. The van der Waals surface area contributed by atoms with Crippen molar-refractivity contribution in [1.29, 1.82) is 0 Å². The van der Waals surface area contributed by atoms with Gasteiger partial charge in [0, 0.05) is 0 Å². The molecule has 0 unspecified atom stereocenters. The summed E-state index contributed by atoms with van der Waals surface area (Å²) in [5, 5.41) is 0. The van der Waals surface area contributed by atoms with Crippen LogP contribution in [0.15, 0.2) is 30.3 Å². The van der Waals surface area contributed by atoms with Crippen LogP contribution in [0.5, 0.6) is 0 Å². The second-order valence-electron chi connectivity index (χ2n) is 3.46. The first-order valence-electron chi connectivity index (χ1n) is 5.06. The molecule has 1 rings (SSSR count). The average molecular weight is 174 g/mol. The second kappa shape index (κ2) is 5.58. The summed E-state index contributed by atoms with van der Waals surface area (Å²) in [5.74, 6) is 0.